The number of amides is 1. The van der Waals surface area contributed by atoms with Crippen LogP contribution in [0.2, 0.25) is 0 Å². The highest BCUT2D eigenvalue weighted by Gasteiger charge is 2.26. The lowest BCUT2D eigenvalue weighted by atomic mass is 10.0. The molecule has 1 amide bonds. The van der Waals surface area contributed by atoms with Crippen molar-refractivity contribution in [2.24, 2.45) is 5.73 Å². The van der Waals surface area contributed by atoms with E-state index < -0.39 is 0 Å². The molecule has 2 N–H and O–H groups in total. The summed E-state index contributed by atoms with van der Waals surface area (Å²) < 4.78 is 11.4. The van der Waals surface area contributed by atoms with Crippen LogP contribution in [0.3, 0.4) is 0 Å². The van der Waals surface area contributed by atoms with Crippen molar-refractivity contribution in [3.63, 3.8) is 0 Å². The zero-order valence-corrected chi connectivity index (χ0v) is 18.3. The fourth-order valence-corrected chi connectivity index (χ4v) is 3.63. The number of hydrogen-bond donors (Lipinski definition) is 1. The first-order chi connectivity index (χ1) is 13.8. The highest BCUT2D eigenvalue weighted by atomic mass is 35.5. The van der Waals surface area contributed by atoms with Crippen LogP contribution in [0.4, 0.5) is 0 Å². The quantitative estimate of drug-likeness (QED) is 0.564. The minimum atomic E-state index is 0. The topological polar surface area (TPSA) is 81.6 Å². The molecule has 3 aromatic rings. The Morgan fingerprint density at radius 1 is 1.17 bits per heavy atom. The van der Waals surface area contributed by atoms with Gasteiger partial charge in [-0.05, 0) is 50.1 Å². The van der Waals surface area contributed by atoms with Gasteiger partial charge in [-0.25, -0.2) is 4.98 Å². The van der Waals surface area contributed by atoms with E-state index >= 15 is 0 Å². The van der Waals surface area contributed by atoms with Gasteiger partial charge in [0.25, 0.3) is 5.91 Å². The van der Waals surface area contributed by atoms with Gasteiger partial charge in [0.15, 0.2) is 5.76 Å². The molecule has 1 saturated heterocycles. The molecule has 4 rings (SSSR count). The Morgan fingerprint density at radius 2 is 1.93 bits per heavy atom. The maximum atomic E-state index is 13.3. The largest absolute Gasteiger partial charge is 0.463 e. The van der Waals surface area contributed by atoms with Gasteiger partial charge in [0.1, 0.15) is 5.69 Å². The zero-order valence-electron chi connectivity index (χ0n) is 16.7. The SMILES string of the molecule is Cl.Cl.NCCCOC1CCN(C(=O)c2cc(-c3ccco3)nc3ccccc23)CC1. The van der Waals surface area contributed by atoms with Crippen molar-refractivity contribution >= 4 is 41.6 Å². The van der Waals surface area contributed by atoms with Crippen LogP contribution >= 0.6 is 24.8 Å². The third-order valence-electron chi connectivity index (χ3n) is 5.15. The number of aromatic nitrogens is 1. The highest BCUT2D eigenvalue weighted by molar-refractivity contribution is 6.07. The minimum absolute atomic E-state index is 0. The van der Waals surface area contributed by atoms with E-state index in [0.717, 1.165) is 30.2 Å². The molecule has 1 aliphatic heterocycles. The van der Waals surface area contributed by atoms with E-state index in [2.05, 4.69) is 4.98 Å². The van der Waals surface area contributed by atoms with Crippen LogP contribution in [-0.2, 0) is 4.74 Å². The van der Waals surface area contributed by atoms with E-state index in [1.54, 1.807) is 6.26 Å². The second-order valence-corrected chi connectivity index (χ2v) is 7.05. The molecule has 1 fully saturated rings. The van der Waals surface area contributed by atoms with Gasteiger partial charge in [0.05, 0.1) is 23.4 Å². The summed E-state index contributed by atoms with van der Waals surface area (Å²) >= 11 is 0. The Bertz CT molecular complexity index is 942. The van der Waals surface area contributed by atoms with E-state index in [0.29, 0.717) is 43.3 Å². The lowest BCUT2D eigenvalue weighted by molar-refractivity contribution is 0.00850. The number of piperidine rings is 1. The standard InChI is InChI=1S/C22H25N3O3.2ClH/c23-10-4-14-27-16-8-11-25(12-9-16)22(26)18-15-20(21-7-3-13-28-21)24-19-6-2-1-5-17(18)19;;/h1-3,5-7,13,15-16H,4,8-12,14,23H2;2*1H. The molecule has 3 heterocycles. The van der Waals surface area contributed by atoms with Crippen molar-refractivity contribution in [2.75, 3.05) is 26.2 Å². The smallest absolute Gasteiger partial charge is 0.254 e. The second-order valence-electron chi connectivity index (χ2n) is 7.05. The van der Waals surface area contributed by atoms with Crippen LogP contribution in [0.1, 0.15) is 29.6 Å². The summed E-state index contributed by atoms with van der Waals surface area (Å²) in [4.78, 5) is 19.9. The zero-order chi connectivity index (χ0) is 19.3. The number of benzene rings is 1. The number of likely N-dealkylation sites (tertiary alicyclic amines) is 1. The lowest BCUT2D eigenvalue weighted by Gasteiger charge is -2.32. The molecule has 0 atom stereocenters. The Labute approximate surface area is 188 Å². The van der Waals surface area contributed by atoms with Crippen LogP contribution in [-0.4, -0.2) is 48.1 Å². The van der Waals surface area contributed by atoms with E-state index in [1.165, 1.54) is 0 Å². The number of carbonyl (C=O) groups is 1. The molecule has 162 valence electrons. The van der Waals surface area contributed by atoms with Crippen LogP contribution in [0, 0.1) is 0 Å². The summed E-state index contributed by atoms with van der Waals surface area (Å²) in [6, 6.07) is 13.3. The van der Waals surface area contributed by atoms with Gasteiger partial charge < -0.3 is 19.8 Å². The number of pyridine rings is 1. The summed E-state index contributed by atoms with van der Waals surface area (Å²) in [5, 5.41) is 0.865. The molecule has 0 saturated carbocycles. The van der Waals surface area contributed by atoms with E-state index in [9.17, 15) is 4.79 Å². The van der Waals surface area contributed by atoms with Crippen molar-refractivity contribution in [3.8, 4) is 11.5 Å². The first kappa shape index (κ1) is 24.2. The van der Waals surface area contributed by atoms with Crippen molar-refractivity contribution < 1.29 is 13.9 Å². The average Bonchev–Trinajstić information content (AvgIpc) is 3.28. The van der Waals surface area contributed by atoms with Crippen LogP contribution in [0.25, 0.3) is 22.4 Å². The third-order valence-corrected chi connectivity index (χ3v) is 5.15. The van der Waals surface area contributed by atoms with Gasteiger partial charge in [-0.15, -0.1) is 24.8 Å². The number of furan rings is 1. The second kappa shape index (κ2) is 11.3. The van der Waals surface area contributed by atoms with Gasteiger partial charge in [-0.1, -0.05) is 18.2 Å². The number of rotatable bonds is 6. The molecule has 1 aliphatic rings. The molecule has 2 aromatic heterocycles. The maximum absolute atomic E-state index is 13.3. The van der Waals surface area contributed by atoms with Gasteiger partial charge in [-0.2, -0.15) is 0 Å². The number of hydrogen-bond acceptors (Lipinski definition) is 5. The van der Waals surface area contributed by atoms with Crippen molar-refractivity contribution in [2.45, 2.75) is 25.4 Å². The van der Waals surface area contributed by atoms with Crippen LogP contribution in [0.15, 0.2) is 53.1 Å². The molecule has 1 aromatic carbocycles. The van der Waals surface area contributed by atoms with E-state index in [-0.39, 0.29) is 36.8 Å². The predicted molar refractivity (Wildman–Crippen MR) is 122 cm³/mol. The number of nitrogens with zero attached hydrogens (tertiary/aromatic N) is 2. The molecule has 0 radical (unpaired) electrons. The number of carbonyl (C=O) groups excluding carboxylic acids is 1. The van der Waals surface area contributed by atoms with E-state index in [4.69, 9.17) is 14.9 Å². The Morgan fingerprint density at radius 3 is 2.63 bits per heavy atom. The number of para-hydroxylation sites is 1. The van der Waals surface area contributed by atoms with Gasteiger partial charge in [-0.3, -0.25) is 4.79 Å². The predicted octanol–water partition coefficient (Wildman–Crippen LogP) is 4.31. The Balaban J connectivity index is 0.00000160. The molecular weight excluding hydrogens is 425 g/mol. The first-order valence-corrected chi connectivity index (χ1v) is 9.81. The normalized spacial score (nSPS) is 14.2. The minimum Gasteiger partial charge on any atom is -0.463 e. The molecule has 30 heavy (non-hydrogen) atoms. The van der Waals surface area contributed by atoms with Crippen molar-refractivity contribution in [3.05, 3.63) is 54.3 Å². The number of ether oxygens (including phenoxy) is 1. The maximum Gasteiger partial charge on any atom is 0.254 e. The molecule has 0 bridgehead atoms. The van der Waals surface area contributed by atoms with Crippen molar-refractivity contribution in [1.29, 1.82) is 0 Å². The van der Waals surface area contributed by atoms with Crippen LogP contribution in [0.5, 0.6) is 0 Å². The summed E-state index contributed by atoms with van der Waals surface area (Å²) in [6.45, 7) is 2.72. The highest BCUT2D eigenvalue weighted by Crippen LogP contribution is 2.27. The Hall–Kier alpha value is -2.12. The van der Waals surface area contributed by atoms with Gasteiger partial charge in [0.2, 0.25) is 0 Å². The fraction of sp³-hybridized carbons (Fsp3) is 0.364. The lowest BCUT2D eigenvalue weighted by Crippen LogP contribution is -2.41. The third kappa shape index (κ3) is 5.32. The molecule has 0 spiro atoms. The van der Waals surface area contributed by atoms with Gasteiger partial charge >= 0.3 is 0 Å². The van der Waals surface area contributed by atoms with Crippen LogP contribution < -0.4 is 5.73 Å². The molecule has 8 heteroatoms. The summed E-state index contributed by atoms with van der Waals surface area (Å²) in [6.07, 6.45) is 4.40. The first-order valence-electron chi connectivity index (χ1n) is 9.81. The molecule has 0 unspecified atom stereocenters. The fourth-order valence-electron chi connectivity index (χ4n) is 3.63. The van der Waals surface area contributed by atoms with Gasteiger partial charge in [0, 0.05) is 25.1 Å². The molecule has 0 aliphatic carbocycles. The van der Waals surface area contributed by atoms with Crippen molar-refractivity contribution in [1.82, 2.24) is 9.88 Å². The summed E-state index contributed by atoms with van der Waals surface area (Å²) in [7, 11) is 0. The number of halogens is 2. The summed E-state index contributed by atoms with van der Waals surface area (Å²) in [5.74, 6) is 0.693. The van der Waals surface area contributed by atoms with E-state index in [1.807, 2.05) is 47.4 Å². The monoisotopic (exact) mass is 451 g/mol. The molecular formula is C22H27Cl2N3O3. The average molecular weight is 452 g/mol. The summed E-state index contributed by atoms with van der Waals surface area (Å²) in [5.41, 5.74) is 7.65. The molecule has 6 nitrogen and oxygen atoms in total. The number of fused-ring (bicyclic) bond motifs is 1. The number of nitrogens with two attached hydrogens (primary N) is 1. The Kier molecular flexibility index (Phi) is 9.11.